The van der Waals surface area contributed by atoms with Crippen molar-refractivity contribution in [2.75, 3.05) is 5.32 Å². The Kier molecular flexibility index (Phi) is 5.40. The molecule has 1 atom stereocenters. The Bertz CT molecular complexity index is 853. The summed E-state index contributed by atoms with van der Waals surface area (Å²) in [6, 6.07) is 20.8. The molecule has 3 aromatic rings. The SMILES string of the molecule is CC(NC(=O)c1ccc(Nc2ccccc2Br)nn1)c1ccccc1. The number of amides is 1. The average Bonchev–Trinajstić information content (AvgIpc) is 2.65. The summed E-state index contributed by atoms with van der Waals surface area (Å²) >= 11 is 3.47. The first-order valence-corrected chi connectivity index (χ1v) is 8.64. The van der Waals surface area contributed by atoms with E-state index in [0.29, 0.717) is 5.82 Å². The molecule has 0 aliphatic rings. The van der Waals surface area contributed by atoms with Crippen LogP contribution in [0.3, 0.4) is 0 Å². The van der Waals surface area contributed by atoms with Crippen molar-refractivity contribution in [2.45, 2.75) is 13.0 Å². The third-order valence-electron chi connectivity index (χ3n) is 3.68. The Labute approximate surface area is 154 Å². The van der Waals surface area contributed by atoms with Gasteiger partial charge < -0.3 is 10.6 Å². The Morgan fingerprint density at radius 1 is 0.960 bits per heavy atom. The van der Waals surface area contributed by atoms with Gasteiger partial charge in [0.05, 0.1) is 11.7 Å². The van der Waals surface area contributed by atoms with E-state index < -0.39 is 0 Å². The Balaban J connectivity index is 1.65. The highest BCUT2D eigenvalue weighted by molar-refractivity contribution is 9.10. The molecule has 6 heteroatoms. The molecule has 1 unspecified atom stereocenters. The number of nitrogens with zero attached hydrogens (tertiary/aromatic N) is 2. The van der Waals surface area contributed by atoms with Crippen molar-refractivity contribution in [2.24, 2.45) is 0 Å². The maximum absolute atomic E-state index is 12.3. The number of carbonyl (C=O) groups excluding carboxylic acids is 1. The number of benzene rings is 2. The molecule has 1 amide bonds. The number of para-hydroxylation sites is 1. The van der Waals surface area contributed by atoms with Crippen LogP contribution < -0.4 is 10.6 Å². The van der Waals surface area contributed by atoms with Crippen molar-refractivity contribution in [3.8, 4) is 0 Å². The molecule has 126 valence electrons. The molecule has 2 aromatic carbocycles. The highest BCUT2D eigenvalue weighted by Crippen LogP contribution is 2.24. The van der Waals surface area contributed by atoms with Gasteiger partial charge >= 0.3 is 0 Å². The lowest BCUT2D eigenvalue weighted by molar-refractivity contribution is 0.0934. The van der Waals surface area contributed by atoms with Gasteiger partial charge in [0.1, 0.15) is 0 Å². The zero-order valence-electron chi connectivity index (χ0n) is 13.6. The Hall–Kier alpha value is -2.73. The number of halogens is 1. The van der Waals surface area contributed by atoms with E-state index in [2.05, 4.69) is 36.8 Å². The van der Waals surface area contributed by atoms with E-state index in [0.717, 1.165) is 15.7 Å². The van der Waals surface area contributed by atoms with Gasteiger partial charge in [-0.3, -0.25) is 4.79 Å². The van der Waals surface area contributed by atoms with Crippen molar-refractivity contribution in [3.05, 3.63) is 82.5 Å². The standard InChI is InChI=1S/C19H17BrN4O/c1-13(14-7-3-2-4-8-14)21-19(25)17-11-12-18(24-23-17)22-16-10-6-5-9-15(16)20/h2-13H,1H3,(H,21,25)(H,22,24). The number of rotatable bonds is 5. The van der Waals surface area contributed by atoms with Gasteiger partial charge in [0, 0.05) is 4.47 Å². The topological polar surface area (TPSA) is 66.9 Å². The van der Waals surface area contributed by atoms with Gasteiger partial charge in [-0.25, -0.2) is 0 Å². The lowest BCUT2D eigenvalue weighted by Crippen LogP contribution is -2.27. The van der Waals surface area contributed by atoms with E-state index in [1.807, 2.05) is 61.5 Å². The fourth-order valence-corrected chi connectivity index (χ4v) is 2.70. The summed E-state index contributed by atoms with van der Waals surface area (Å²) in [6.07, 6.45) is 0. The summed E-state index contributed by atoms with van der Waals surface area (Å²) in [5, 5.41) is 14.2. The number of hydrogen-bond acceptors (Lipinski definition) is 4. The summed E-state index contributed by atoms with van der Waals surface area (Å²) in [4.78, 5) is 12.3. The van der Waals surface area contributed by atoms with Crippen LogP contribution in [0.15, 0.2) is 71.2 Å². The normalized spacial score (nSPS) is 11.6. The molecule has 0 fully saturated rings. The fourth-order valence-electron chi connectivity index (χ4n) is 2.32. The van der Waals surface area contributed by atoms with E-state index >= 15 is 0 Å². The molecule has 25 heavy (non-hydrogen) atoms. The minimum absolute atomic E-state index is 0.103. The molecule has 1 heterocycles. The van der Waals surface area contributed by atoms with Crippen LogP contribution in [0.4, 0.5) is 11.5 Å². The first-order valence-electron chi connectivity index (χ1n) is 7.84. The predicted molar refractivity (Wildman–Crippen MR) is 102 cm³/mol. The summed E-state index contributed by atoms with van der Waals surface area (Å²) in [6.45, 7) is 1.93. The van der Waals surface area contributed by atoms with Crippen molar-refractivity contribution < 1.29 is 4.79 Å². The maximum atomic E-state index is 12.3. The lowest BCUT2D eigenvalue weighted by Gasteiger charge is -2.14. The van der Waals surface area contributed by atoms with Crippen molar-refractivity contribution in [1.82, 2.24) is 15.5 Å². The molecule has 2 N–H and O–H groups in total. The molecule has 0 saturated heterocycles. The van der Waals surface area contributed by atoms with Gasteiger partial charge in [-0.1, -0.05) is 42.5 Å². The Morgan fingerprint density at radius 2 is 1.68 bits per heavy atom. The summed E-state index contributed by atoms with van der Waals surface area (Å²) < 4.78 is 0.926. The number of anilines is 2. The molecule has 0 bridgehead atoms. The van der Waals surface area contributed by atoms with Gasteiger partial charge in [0.25, 0.3) is 5.91 Å². The van der Waals surface area contributed by atoms with E-state index in [4.69, 9.17) is 0 Å². The van der Waals surface area contributed by atoms with Crippen molar-refractivity contribution >= 4 is 33.3 Å². The lowest BCUT2D eigenvalue weighted by atomic mass is 10.1. The molecule has 0 aliphatic heterocycles. The van der Waals surface area contributed by atoms with Crippen LogP contribution in [0.1, 0.15) is 29.0 Å². The van der Waals surface area contributed by atoms with Gasteiger partial charge in [0.15, 0.2) is 11.5 Å². The van der Waals surface area contributed by atoms with Crippen LogP contribution >= 0.6 is 15.9 Å². The zero-order valence-corrected chi connectivity index (χ0v) is 15.2. The maximum Gasteiger partial charge on any atom is 0.272 e. The summed E-state index contributed by atoms with van der Waals surface area (Å²) in [7, 11) is 0. The fraction of sp³-hybridized carbons (Fsp3) is 0.105. The van der Waals surface area contributed by atoms with Crippen LogP contribution in [-0.2, 0) is 0 Å². The monoisotopic (exact) mass is 396 g/mol. The van der Waals surface area contributed by atoms with E-state index in [1.165, 1.54) is 0 Å². The van der Waals surface area contributed by atoms with E-state index in [1.54, 1.807) is 12.1 Å². The highest BCUT2D eigenvalue weighted by Gasteiger charge is 2.13. The van der Waals surface area contributed by atoms with Crippen LogP contribution in [-0.4, -0.2) is 16.1 Å². The molecule has 0 spiro atoms. The molecule has 3 rings (SSSR count). The van der Waals surface area contributed by atoms with Gasteiger partial charge in [0.2, 0.25) is 0 Å². The number of aromatic nitrogens is 2. The third-order valence-corrected chi connectivity index (χ3v) is 4.37. The molecule has 0 radical (unpaired) electrons. The second kappa shape index (κ2) is 7.90. The van der Waals surface area contributed by atoms with Crippen molar-refractivity contribution in [1.29, 1.82) is 0 Å². The Morgan fingerprint density at radius 3 is 2.36 bits per heavy atom. The molecule has 0 saturated carbocycles. The van der Waals surface area contributed by atoms with Gasteiger partial charge in [-0.15, -0.1) is 10.2 Å². The summed E-state index contributed by atoms with van der Waals surface area (Å²) in [5.41, 5.74) is 2.20. The minimum atomic E-state index is -0.253. The molecule has 1 aromatic heterocycles. The summed E-state index contributed by atoms with van der Waals surface area (Å²) in [5.74, 6) is 0.316. The number of nitrogens with one attached hydrogen (secondary N) is 2. The van der Waals surface area contributed by atoms with E-state index in [9.17, 15) is 4.79 Å². The highest BCUT2D eigenvalue weighted by atomic mass is 79.9. The quantitative estimate of drug-likeness (QED) is 0.667. The molecular weight excluding hydrogens is 380 g/mol. The smallest absolute Gasteiger partial charge is 0.272 e. The minimum Gasteiger partial charge on any atom is -0.344 e. The second-order valence-electron chi connectivity index (χ2n) is 5.51. The van der Waals surface area contributed by atoms with Gasteiger partial charge in [-0.05, 0) is 52.7 Å². The van der Waals surface area contributed by atoms with Crippen LogP contribution in [0, 0.1) is 0 Å². The molecular formula is C19H17BrN4O. The average molecular weight is 397 g/mol. The predicted octanol–water partition coefficient (Wildman–Crippen LogP) is 4.47. The third kappa shape index (κ3) is 4.42. The molecule has 0 aliphatic carbocycles. The number of carbonyl (C=O) groups is 1. The largest absolute Gasteiger partial charge is 0.344 e. The van der Waals surface area contributed by atoms with Gasteiger partial charge in [-0.2, -0.15) is 0 Å². The zero-order chi connectivity index (χ0) is 17.6. The first-order chi connectivity index (χ1) is 12.1. The second-order valence-corrected chi connectivity index (χ2v) is 6.37. The first kappa shape index (κ1) is 17.1. The van der Waals surface area contributed by atoms with Crippen LogP contribution in [0.2, 0.25) is 0 Å². The van der Waals surface area contributed by atoms with Crippen LogP contribution in [0.25, 0.3) is 0 Å². The van der Waals surface area contributed by atoms with Crippen LogP contribution in [0.5, 0.6) is 0 Å². The van der Waals surface area contributed by atoms with Crippen molar-refractivity contribution in [3.63, 3.8) is 0 Å². The number of hydrogen-bond donors (Lipinski definition) is 2. The molecule has 5 nitrogen and oxygen atoms in total. The van der Waals surface area contributed by atoms with E-state index in [-0.39, 0.29) is 17.6 Å².